The van der Waals surface area contributed by atoms with Crippen LogP contribution in [0, 0.1) is 5.92 Å². The summed E-state index contributed by atoms with van der Waals surface area (Å²) in [4.78, 5) is 13.6. The summed E-state index contributed by atoms with van der Waals surface area (Å²) in [5, 5.41) is 0. The van der Waals surface area contributed by atoms with Crippen LogP contribution in [0.5, 0.6) is 0 Å². The second kappa shape index (κ2) is 9.19. The van der Waals surface area contributed by atoms with Gasteiger partial charge in [0, 0.05) is 40.3 Å². The Labute approximate surface area is 153 Å². The average molecular weight is 378 g/mol. The largest absolute Gasteiger partial charge is 0.444 e. The number of carbonyl (C=O) groups excluding carboxylic acids is 1. The molecule has 7 nitrogen and oxygen atoms in total. The molecule has 0 aliphatic carbocycles. The fourth-order valence-electron chi connectivity index (χ4n) is 2.88. The van der Waals surface area contributed by atoms with Crippen LogP contribution in [0.3, 0.4) is 0 Å². The molecule has 1 atom stereocenters. The summed E-state index contributed by atoms with van der Waals surface area (Å²) >= 11 is 0. The first-order valence-electron chi connectivity index (χ1n) is 9.13. The van der Waals surface area contributed by atoms with E-state index in [4.69, 9.17) is 4.74 Å². The Balaban J connectivity index is 2.63. The summed E-state index contributed by atoms with van der Waals surface area (Å²) < 4.78 is 33.7. The van der Waals surface area contributed by atoms with Crippen LogP contribution in [0.4, 0.5) is 4.79 Å². The number of rotatable bonds is 7. The summed E-state index contributed by atoms with van der Waals surface area (Å²) in [5.41, 5.74) is -0.532. The zero-order valence-electron chi connectivity index (χ0n) is 16.6. The van der Waals surface area contributed by atoms with Crippen LogP contribution in [0.1, 0.15) is 53.4 Å². The van der Waals surface area contributed by atoms with Crippen molar-refractivity contribution in [2.45, 2.75) is 59.0 Å². The third-order valence-electron chi connectivity index (χ3n) is 4.27. The molecule has 1 saturated heterocycles. The lowest BCUT2D eigenvalue weighted by Crippen LogP contribution is -2.49. The third-order valence-corrected chi connectivity index (χ3v) is 6.22. The van der Waals surface area contributed by atoms with Crippen molar-refractivity contribution in [3.63, 3.8) is 0 Å². The molecule has 0 aromatic rings. The minimum absolute atomic E-state index is 0.126. The summed E-state index contributed by atoms with van der Waals surface area (Å²) in [5.74, 6) is 0.126. The standard InChI is InChI=1S/C17H35N3O4S/c1-7-8-11-19(6)25(22,23)20-12-9-10-15(14-20)13-18(5)16(21)24-17(2,3)4/h15H,7-14H2,1-6H3. The molecule has 0 spiro atoms. The van der Waals surface area contributed by atoms with Gasteiger partial charge in [0.1, 0.15) is 5.60 Å². The van der Waals surface area contributed by atoms with E-state index in [0.717, 1.165) is 25.7 Å². The quantitative estimate of drug-likeness (QED) is 0.684. The Morgan fingerprint density at radius 2 is 1.92 bits per heavy atom. The second-order valence-electron chi connectivity index (χ2n) is 7.91. The fraction of sp³-hybridized carbons (Fsp3) is 0.941. The van der Waals surface area contributed by atoms with Crippen molar-refractivity contribution in [1.82, 2.24) is 13.5 Å². The number of hydrogen-bond donors (Lipinski definition) is 0. The van der Waals surface area contributed by atoms with Gasteiger partial charge in [-0.15, -0.1) is 0 Å². The first-order chi connectivity index (χ1) is 11.5. The smallest absolute Gasteiger partial charge is 0.410 e. The Kier molecular flexibility index (Phi) is 8.15. The lowest BCUT2D eigenvalue weighted by molar-refractivity contribution is 0.0257. The van der Waals surface area contributed by atoms with Gasteiger partial charge in [-0.05, 0) is 46.0 Å². The van der Waals surface area contributed by atoms with Gasteiger partial charge in [0.2, 0.25) is 0 Å². The maximum absolute atomic E-state index is 12.7. The normalized spacial score (nSPS) is 19.9. The van der Waals surface area contributed by atoms with Crippen molar-refractivity contribution in [2.75, 3.05) is 40.3 Å². The zero-order valence-corrected chi connectivity index (χ0v) is 17.4. The average Bonchev–Trinajstić information content (AvgIpc) is 2.51. The van der Waals surface area contributed by atoms with Crippen LogP contribution in [-0.4, -0.2) is 73.9 Å². The Morgan fingerprint density at radius 3 is 2.48 bits per heavy atom. The molecule has 0 saturated carbocycles. The van der Waals surface area contributed by atoms with Crippen molar-refractivity contribution in [1.29, 1.82) is 0 Å². The van der Waals surface area contributed by atoms with Crippen LogP contribution >= 0.6 is 0 Å². The summed E-state index contributed by atoms with van der Waals surface area (Å²) in [6, 6.07) is 0. The van der Waals surface area contributed by atoms with E-state index in [-0.39, 0.29) is 12.0 Å². The lowest BCUT2D eigenvalue weighted by Gasteiger charge is -2.36. The molecule has 1 rings (SSSR count). The molecule has 1 aliphatic heterocycles. The van der Waals surface area contributed by atoms with Crippen molar-refractivity contribution in [2.24, 2.45) is 5.92 Å². The van der Waals surface area contributed by atoms with Crippen molar-refractivity contribution in [3.05, 3.63) is 0 Å². The van der Waals surface area contributed by atoms with Crippen molar-refractivity contribution >= 4 is 16.3 Å². The molecule has 1 fully saturated rings. The second-order valence-corrected chi connectivity index (χ2v) is 9.95. The van der Waals surface area contributed by atoms with E-state index >= 15 is 0 Å². The molecule has 0 aromatic heterocycles. The predicted octanol–water partition coefficient (Wildman–Crippen LogP) is 2.54. The van der Waals surface area contributed by atoms with Gasteiger partial charge in [0.15, 0.2) is 0 Å². The molecule has 1 aliphatic rings. The van der Waals surface area contributed by atoms with Gasteiger partial charge < -0.3 is 9.64 Å². The molecule has 0 N–H and O–H groups in total. The van der Waals surface area contributed by atoms with Gasteiger partial charge >= 0.3 is 6.09 Å². The molecule has 148 valence electrons. The van der Waals surface area contributed by atoms with Crippen LogP contribution in [0.15, 0.2) is 0 Å². The van der Waals surface area contributed by atoms with E-state index in [0.29, 0.717) is 26.2 Å². The number of piperidine rings is 1. The number of hydrogen-bond acceptors (Lipinski definition) is 4. The first kappa shape index (κ1) is 22.2. The maximum atomic E-state index is 12.7. The summed E-state index contributed by atoms with van der Waals surface area (Å²) in [6.45, 7) is 9.58. The topological polar surface area (TPSA) is 70.2 Å². The molecule has 1 unspecified atom stereocenters. The van der Waals surface area contributed by atoms with Gasteiger partial charge in [-0.1, -0.05) is 13.3 Å². The van der Waals surface area contributed by atoms with Crippen molar-refractivity contribution < 1.29 is 17.9 Å². The minimum atomic E-state index is -3.42. The van der Waals surface area contributed by atoms with Crippen LogP contribution in [0.2, 0.25) is 0 Å². The van der Waals surface area contributed by atoms with Gasteiger partial charge in [0.05, 0.1) is 0 Å². The maximum Gasteiger partial charge on any atom is 0.410 e. The number of amides is 1. The van der Waals surface area contributed by atoms with Gasteiger partial charge in [-0.25, -0.2) is 4.79 Å². The molecule has 0 aromatic carbocycles. The number of nitrogens with zero attached hydrogens (tertiary/aromatic N) is 3. The predicted molar refractivity (Wildman–Crippen MR) is 99.6 cm³/mol. The molecule has 8 heteroatoms. The molecule has 1 amide bonds. The third kappa shape index (κ3) is 7.11. The van der Waals surface area contributed by atoms with E-state index in [1.54, 1.807) is 23.3 Å². The Bertz CT molecular complexity index is 531. The van der Waals surface area contributed by atoms with Gasteiger partial charge in [-0.3, -0.25) is 0 Å². The number of unbranched alkanes of at least 4 members (excludes halogenated alkanes) is 1. The SMILES string of the molecule is CCCCN(C)S(=O)(=O)N1CCCC(CN(C)C(=O)OC(C)(C)C)C1. The Morgan fingerprint density at radius 1 is 1.28 bits per heavy atom. The van der Waals surface area contributed by atoms with E-state index in [1.165, 1.54) is 4.31 Å². The lowest BCUT2D eigenvalue weighted by atomic mass is 9.99. The monoisotopic (exact) mass is 377 g/mol. The summed E-state index contributed by atoms with van der Waals surface area (Å²) in [7, 11) is -0.0765. The van der Waals surface area contributed by atoms with E-state index in [1.807, 2.05) is 27.7 Å². The van der Waals surface area contributed by atoms with E-state index in [9.17, 15) is 13.2 Å². The first-order valence-corrected chi connectivity index (χ1v) is 10.5. The Hall–Kier alpha value is -0.860. The van der Waals surface area contributed by atoms with Crippen LogP contribution in [0.25, 0.3) is 0 Å². The fourth-order valence-corrected chi connectivity index (χ4v) is 4.39. The highest BCUT2D eigenvalue weighted by molar-refractivity contribution is 7.86. The molecule has 0 radical (unpaired) electrons. The van der Waals surface area contributed by atoms with Gasteiger partial charge in [-0.2, -0.15) is 17.0 Å². The van der Waals surface area contributed by atoms with Gasteiger partial charge in [0.25, 0.3) is 10.2 Å². The summed E-state index contributed by atoms with van der Waals surface area (Å²) in [6.07, 6.45) is 3.18. The molecule has 1 heterocycles. The van der Waals surface area contributed by atoms with Crippen LogP contribution < -0.4 is 0 Å². The van der Waals surface area contributed by atoms with Crippen molar-refractivity contribution in [3.8, 4) is 0 Å². The molecular formula is C17H35N3O4S. The van der Waals surface area contributed by atoms with E-state index in [2.05, 4.69) is 0 Å². The zero-order chi connectivity index (χ0) is 19.3. The highest BCUT2D eigenvalue weighted by Crippen LogP contribution is 2.22. The van der Waals surface area contributed by atoms with Crippen LogP contribution in [-0.2, 0) is 14.9 Å². The highest BCUT2D eigenvalue weighted by Gasteiger charge is 2.33. The minimum Gasteiger partial charge on any atom is -0.444 e. The number of carbonyl (C=O) groups is 1. The molecule has 25 heavy (non-hydrogen) atoms. The molecular weight excluding hydrogens is 342 g/mol. The number of ether oxygens (including phenoxy) is 1. The molecule has 0 bridgehead atoms. The highest BCUT2D eigenvalue weighted by atomic mass is 32.2. The van der Waals surface area contributed by atoms with E-state index < -0.39 is 15.8 Å².